The van der Waals surface area contributed by atoms with Crippen molar-refractivity contribution in [2.45, 2.75) is 50.8 Å². The summed E-state index contributed by atoms with van der Waals surface area (Å²) in [7, 11) is 0. The largest absolute Gasteiger partial charge is 0.455 e. The lowest BCUT2D eigenvalue weighted by Gasteiger charge is -2.30. The Morgan fingerprint density at radius 2 is 2.20 bits per heavy atom. The van der Waals surface area contributed by atoms with E-state index in [0.717, 1.165) is 4.57 Å². The molecule has 1 aliphatic heterocycles. The predicted octanol–water partition coefficient (Wildman–Crippen LogP) is -1.64. The van der Waals surface area contributed by atoms with Crippen LogP contribution >= 0.6 is 0 Å². The lowest BCUT2D eigenvalue weighted by atomic mass is 9.95. The summed E-state index contributed by atoms with van der Waals surface area (Å²) in [5, 5.41) is 20.4. The molecule has 1 fully saturated rings. The molecule has 140 valence electrons. The molecule has 1 saturated heterocycles. The SMILES string of the molecule is CC(C)C(N)C(=O)O[C@H]1[C@@H](CO)O[C@@H](n2ccc(N)nc2=O)[C@]1(C)O. The van der Waals surface area contributed by atoms with Gasteiger partial charge in [-0.25, -0.2) is 4.79 Å². The molecule has 2 heterocycles. The lowest BCUT2D eigenvalue weighted by molar-refractivity contribution is -0.166. The number of nitrogens with two attached hydrogens (primary N) is 2. The van der Waals surface area contributed by atoms with Crippen molar-refractivity contribution in [3.63, 3.8) is 0 Å². The number of aromatic nitrogens is 2. The summed E-state index contributed by atoms with van der Waals surface area (Å²) in [6.45, 7) is 4.32. The van der Waals surface area contributed by atoms with Gasteiger partial charge in [-0.2, -0.15) is 4.98 Å². The van der Waals surface area contributed by atoms with Gasteiger partial charge in [0.1, 0.15) is 23.6 Å². The fraction of sp³-hybridized carbons (Fsp3) is 0.667. The molecule has 0 radical (unpaired) electrons. The molecule has 0 amide bonds. The van der Waals surface area contributed by atoms with Crippen LogP contribution in [0.5, 0.6) is 0 Å². The number of aliphatic hydroxyl groups is 2. The van der Waals surface area contributed by atoms with Gasteiger partial charge in [-0.15, -0.1) is 0 Å². The Labute approximate surface area is 144 Å². The number of hydrogen-bond donors (Lipinski definition) is 4. The standard InChI is InChI=1S/C15H24N4O6/c1-7(2)10(17)12(21)25-11-8(6-20)24-13(15(11,3)23)19-5-4-9(16)18-14(19)22/h4-5,7-8,10-11,13,20,23H,6,17H2,1-3H3,(H2,16,18,22)/t8-,10?,11+,13-,15-/m1/s1. The van der Waals surface area contributed by atoms with E-state index in [9.17, 15) is 19.8 Å². The number of carbonyl (C=O) groups excluding carboxylic acids is 1. The Bertz CT molecular complexity index is 689. The zero-order valence-corrected chi connectivity index (χ0v) is 14.3. The Hall–Kier alpha value is -2.01. The second-order valence-electron chi connectivity index (χ2n) is 6.60. The van der Waals surface area contributed by atoms with Gasteiger partial charge in [-0.05, 0) is 18.9 Å². The van der Waals surface area contributed by atoms with E-state index in [1.54, 1.807) is 13.8 Å². The molecule has 2 rings (SSSR count). The van der Waals surface area contributed by atoms with Crippen molar-refractivity contribution >= 4 is 11.8 Å². The number of rotatable bonds is 5. The minimum Gasteiger partial charge on any atom is -0.455 e. The van der Waals surface area contributed by atoms with Gasteiger partial charge in [0.25, 0.3) is 0 Å². The number of nitrogen functional groups attached to an aromatic ring is 1. The summed E-state index contributed by atoms with van der Waals surface area (Å²) >= 11 is 0. The number of anilines is 1. The van der Waals surface area contributed by atoms with Crippen LogP contribution in [-0.2, 0) is 14.3 Å². The highest BCUT2D eigenvalue weighted by Crippen LogP contribution is 2.39. The second-order valence-corrected chi connectivity index (χ2v) is 6.60. The van der Waals surface area contributed by atoms with E-state index in [1.807, 2.05) is 0 Å². The van der Waals surface area contributed by atoms with E-state index in [-0.39, 0.29) is 11.7 Å². The summed E-state index contributed by atoms with van der Waals surface area (Å²) in [5.41, 5.74) is 8.67. The van der Waals surface area contributed by atoms with E-state index in [0.29, 0.717) is 0 Å². The number of esters is 1. The third kappa shape index (κ3) is 3.66. The van der Waals surface area contributed by atoms with Gasteiger partial charge in [-0.3, -0.25) is 9.36 Å². The van der Waals surface area contributed by atoms with Gasteiger partial charge in [0.2, 0.25) is 0 Å². The quantitative estimate of drug-likeness (QED) is 0.453. The van der Waals surface area contributed by atoms with Crippen molar-refractivity contribution in [3.05, 3.63) is 22.7 Å². The molecule has 5 atom stereocenters. The molecule has 6 N–H and O–H groups in total. The first-order chi connectivity index (χ1) is 11.6. The van der Waals surface area contributed by atoms with Crippen molar-refractivity contribution in [1.29, 1.82) is 0 Å². The van der Waals surface area contributed by atoms with Crippen LogP contribution in [0.25, 0.3) is 0 Å². The first-order valence-electron chi connectivity index (χ1n) is 7.89. The average Bonchev–Trinajstić information content (AvgIpc) is 2.77. The van der Waals surface area contributed by atoms with Crippen molar-refractivity contribution in [1.82, 2.24) is 9.55 Å². The van der Waals surface area contributed by atoms with Crippen LogP contribution in [0.4, 0.5) is 5.82 Å². The van der Waals surface area contributed by atoms with Gasteiger partial charge in [0.15, 0.2) is 12.3 Å². The number of aliphatic hydroxyl groups excluding tert-OH is 1. The number of carbonyl (C=O) groups is 1. The van der Waals surface area contributed by atoms with Crippen molar-refractivity contribution in [2.24, 2.45) is 11.7 Å². The van der Waals surface area contributed by atoms with Gasteiger partial charge in [0.05, 0.1) is 6.61 Å². The first-order valence-corrected chi connectivity index (χ1v) is 7.89. The van der Waals surface area contributed by atoms with Gasteiger partial charge >= 0.3 is 11.7 Å². The van der Waals surface area contributed by atoms with E-state index >= 15 is 0 Å². The maximum atomic E-state index is 12.2. The van der Waals surface area contributed by atoms with Crippen molar-refractivity contribution in [2.75, 3.05) is 12.3 Å². The molecule has 0 bridgehead atoms. The zero-order valence-electron chi connectivity index (χ0n) is 14.3. The molecule has 0 aliphatic carbocycles. The molecule has 0 aromatic carbocycles. The number of hydrogen-bond acceptors (Lipinski definition) is 9. The van der Waals surface area contributed by atoms with Gasteiger partial charge in [0, 0.05) is 6.20 Å². The summed E-state index contributed by atoms with van der Waals surface area (Å²) in [4.78, 5) is 27.8. The summed E-state index contributed by atoms with van der Waals surface area (Å²) in [6.07, 6.45) is -2.17. The molecule has 0 spiro atoms. The molecule has 0 saturated carbocycles. The maximum absolute atomic E-state index is 12.2. The molecular weight excluding hydrogens is 332 g/mol. The average molecular weight is 356 g/mol. The van der Waals surface area contributed by atoms with Crippen LogP contribution in [-0.4, -0.2) is 56.2 Å². The summed E-state index contributed by atoms with van der Waals surface area (Å²) in [5.74, 6) is -0.888. The molecule has 1 aromatic rings. The van der Waals surface area contributed by atoms with E-state index in [1.165, 1.54) is 19.2 Å². The molecule has 25 heavy (non-hydrogen) atoms. The highest BCUT2D eigenvalue weighted by atomic mass is 16.6. The fourth-order valence-corrected chi connectivity index (χ4v) is 2.65. The minimum absolute atomic E-state index is 0.0171. The molecule has 1 aliphatic rings. The van der Waals surface area contributed by atoms with E-state index in [4.69, 9.17) is 20.9 Å². The van der Waals surface area contributed by atoms with Crippen LogP contribution < -0.4 is 17.2 Å². The fourth-order valence-electron chi connectivity index (χ4n) is 2.65. The lowest BCUT2D eigenvalue weighted by Crippen LogP contribution is -2.51. The van der Waals surface area contributed by atoms with Crippen LogP contribution in [0.3, 0.4) is 0 Å². The van der Waals surface area contributed by atoms with E-state index in [2.05, 4.69) is 4.98 Å². The Kier molecular flexibility index (Phi) is 5.47. The Morgan fingerprint density at radius 1 is 1.56 bits per heavy atom. The molecular formula is C15H24N4O6. The number of ether oxygens (including phenoxy) is 2. The smallest absolute Gasteiger partial charge is 0.351 e. The minimum atomic E-state index is -1.80. The molecule has 10 heteroatoms. The zero-order chi connectivity index (χ0) is 18.9. The van der Waals surface area contributed by atoms with Gasteiger partial charge < -0.3 is 31.2 Å². The maximum Gasteiger partial charge on any atom is 0.351 e. The van der Waals surface area contributed by atoms with Gasteiger partial charge in [-0.1, -0.05) is 13.8 Å². The van der Waals surface area contributed by atoms with Crippen molar-refractivity contribution < 1.29 is 24.5 Å². The van der Waals surface area contributed by atoms with Crippen LogP contribution in [0.15, 0.2) is 17.1 Å². The normalized spacial score (nSPS) is 30.4. The molecule has 1 unspecified atom stereocenters. The third-order valence-electron chi connectivity index (χ3n) is 4.23. The summed E-state index contributed by atoms with van der Waals surface area (Å²) in [6, 6.07) is 0.470. The first kappa shape index (κ1) is 19.3. The topological polar surface area (TPSA) is 163 Å². The highest BCUT2D eigenvalue weighted by molar-refractivity contribution is 5.76. The van der Waals surface area contributed by atoms with Crippen LogP contribution in [0.2, 0.25) is 0 Å². The highest BCUT2D eigenvalue weighted by Gasteiger charge is 2.56. The third-order valence-corrected chi connectivity index (χ3v) is 4.23. The summed E-state index contributed by atoms with van der Waals surface area (Å²) < 4.78 is 11.9. The Morgan fingerprint density at radius 3 is 2.72 bits per heavy atom. The van der Waals surface area contributed by atoms with Crippen LogP contribution in [0.1, 0.15) is 27.0 Å². The molecule has 1 aromatic heterocycles. The number of nitrogens with zero attached hydrogens (tertiary/aromatic N) is 2. The van der Waals surface area contributed by atoms with Crippen molar-refractivity contribution in [3.8, 4) is 0 Å². The van der Waals surface area contributed by atoms with Crippen LogP contribution in [0, 0.1) is 5.92 Å². The molecule has 10 nitrogen and oxygen atoms in total. The predicted molar refractivity (Wildman–Crippen MR) is 87.2 cm³/mol. The van der Waals surface area contributed by atoms with E-state index < -0.39 is 48.3 Å². The second kappa shape index (κ2) is 7.08. The monoisotopic (exact) mass is 356 g/mol. The Balaban J connectivity index is 2.32.